The molecule has 0 bridgehead atoms. The summed E-state index contributed by atoms with van der Waals surface area (Å²) < 4.78 is 68.2. The van der Waals surface area contributed by atoms with Crippen LogP contribution in [0.5, 0.6) is 17.2 Å². The molecule has 1 N–H and O–H groups in total. The zero-order valence-corrected chi connectivity index (χ0v) is 27.0. The first-order chi connectivity index (χ1) is 21.8. The summed E-state index contributed by atoms with van der Waals surface area (Å²) in [4.78, 5) is 24.3. The van der Waals surface area contributed by atoms with E-state index in [1.165, 1.54) is 56.7 Å². The molecule has 0 spiro atoms. The molecule has 5 rings (SSSR count). The van der Waals surface area contributed by atoms with Crippen LogP contribution in [-0.2, 0) is 30.5 Å². The van der Waals surface area contributed by atoms with Gasteiger partial charge in [0.15, 0.2) is 9.84 Å². The molecule has 1 aliphatic rings. The number of benzene rings is 4. The van der Waals surface area contributed by atoms with Crippen molar-refractivity contribution in [2.75, 3.05) is 19.5 Å². The minimum atomic E-state index is -4.36. The number of hydrogen-bond acceptors (Lipinski definition) is 11. The standard InChI is InChI=1S/C31H26N2O10S3/c1-19-7-10-21(11-8-19)46(39,40)43-28-14-9-20(15-25(28)33(35)36)16-30-31(34)32-24-13-12-22(17-29(24)44-30)45(37,38)18-23-26(41-2)5-4-6-27(23)42-3/h4-17H,18H2,1-3H3,(H,32,34)/b30-16+. The summed E-state index contributed by atoms with van der Waals surface area (Å²) in [6.45, 7) is 1.78. The van der Waals surface area contributed by atoms with Crippen LogP contribution in [0.2, 0.25) is 0 Å². The second kappa shape index (κ2) is 12.9. The van der Waals surface area contributed by atoms with E-state index in [-0.39, 0.29) is 20.3 Å². The molecule has 15 heteroatoms. The van der Waals surface area contributed by atoms with Gasteiger partial charge in [0.25, 0.3) is 5.91 Å². The summed E-state index contributed by atoms with van der Waals surface area (Å²) in [6, 6.07) is 18.6. The number of ether oxygens (including phenoxy) is 2. The van der Waals surface area contributed by atoms with Gasteiger partial charge in [0.1, 0.15) is 16.4 Å². The Balaban J connectivity index is 1.43. The zero-order valence-electron chi connectivity index (χ0n) is 24.5. The van der Waals surface area contributed by atoms with E-state index < -0.39 is 48.0 Å². The Morgan fingerprint density at radius 2 is 1.52 bits per heavy atom. The first-order valence-corrected chi connectivity index (χ1v) is 17.3. The predicted octanol–water partition coefficient (Wildman–Crippen LogP) is 5.75. The van der Waals surface area contributed by atoms with Gasteiger partial charge in [0.2, 0.25) is 5.75 Å². The van der Waals surface area contributed by atoms with Crippen molar-refractivity contribution in [2.24, 2.45) is 0 Å². The van der Waals surface area contributed by atoms with E-state index in [2.05, 4.69) is 5.32 Å². The predicted molar refractivity (Wildman–Crippen MR) is 171 cm³/mol. The smallest absolute Gasteiger partial charge is 0.339 e. The van der Waals surface area contributed by atoms with E-state index in [9.17, 15) is 31.7 Å². The average Bonchev–Trinajstić information content (AvgIpc) is 3.01. The molecule has 0 unspecified atom stereocenters. The summed E-state index contributed by atoms with van der Waals surface area (Å²) in [7, 11) is -5.41. The monoisotopic (exact) mass is 682 g/mol. The third-order valence-corrected chi connectivity index (χ3v) is 10.8. The molecule has 4 aromatic rings. The quantitative estimate of drug-likeness (QED) is 0.0936. The number of amides is 1. The average molecular weight is 683 g/mol. The highest BCUT2D eigenvalue weighted by Gasteiger charge is 2.27. The van der Waals surface area contributed by atoms with Crippen LogP contribution in [0.1, 0.15) is 16.7 Å². The molecule has 0 aliphatic carbocycles. The Bertz CT molecular complexity index is 2090. The number of carbonyl (C=O) groups is 1. The number of sulfone groups is 1. The lowest BCUT2D eigenvalue weighted by molar-refractivity contribution is -0.385. The molecular weight excluding hydrogens is 657 g/mol. The number of nitro groups is 1. The maximum absolute atomic E-state index is 13.5. The number of nitrogens with zero attached hydrogens (tertiary/aromatic N) is 1. The van der Waals surface area contributed by atoms with E-state index in [1.54, 1.807) is 37.3 Å². The molecular formula is C31H26N2O10S3. The van der Waals surface area contributed by atoms with Gasteiger partial charge < -0.3 is 19.0 Å². The van der Waals surface area contributed by atoms with Crippen molar-refractivity contribution >= 4 is 55.1 Å². The summed E-state index contributed by atoms with van der Waals surface area (Å²) in [5, 5.41) is 14.6. The number of aryl methyl sites for hydroxylation is 1. The molecule has 0 fully saturated rings. The number of hydrogen-bond donors (Lipinski definition) is 1. The Labute approximate surface area is 269 Å². The van der Waals surface area contributed by atoms with Gasteiger partial charge in [0, 0.05) is 11.0 Å². The second-order valence-electron chi connectivity index (χ2n) is 9.96. The molecule has 0 saturated carbocycles. The Morgan fingerprint density at radius 1 is 0.870 bits per heavy atom. The van der Waals surface area contributed by atoms with Gasteiger partial charge in [-0.2, -0.15) is 8.42 Å². The first kappa shape index (κ1) is 32.5. The number of anilines is 1. The minimum Gasteiger partial charge on any atom is -0.496 e. The molecule has 0 saturated heterocycles. The van der Waals surface area contributed by atoms with Crippen molar-refractivity contribution < 1.29 is 40.2 Å². The molecule has 46 heavy (non-hydrogen) atoms. The lowest BCUT2D eigenvalue weighted by Crippen LogP contribution is -2.18. The van der Waals surface area contributed by atoms with Gasteiger partial charge in [-0.05, 0) is 67.1 Å². The molecule has 4 aromatic carbocycles. The first-order valence-electron chi connectivity index (χ1n) is 13.4. The van der Waals surface area contributed by atoms with Gasteiger partial charge in [-0.1, -0.05) is 41.6 Å². The van der Waals surface area contributed by atoms with Crippen LogP contribution in [-0.4, -0.2) is 41.9 Å². The minimum absolute atomic E-state index is 0.00543. The van der Waals surface area contributed by atoms with Crippen molar-refractivity contribution in [1.82, 2.24) is 0 Å². The van der Waals surface area contributed by atoms with Crippen LogP contribution in [0.15, 0.2) is 98.5 Å². The zero-order chi connectivity index (χ0) is 33.2. The number of carbonyl (C=O) groups excluding carboxylic acids is 1. The Kier molecular flexibility index (Phi) is 9.10. The Morgan fingerprint density at radius 3 is 2.15 bits per heavy atom. The molecule has 0 aromatic heterocycles. The number of fused-ring (bicyclic) bond motifs is 1. The summed E-state index contributed by atoms with van der Waals surface area (Å²) in [5.41, 5.74) is 1.14. The van der Waals surface area contributed by atoms with Gasteiger partial charge in [-0.15, -0.1) is 0 Å². The molecule has 1 aliphatic heterocycles. The fourth-order valence-corrected chi connectivity index (χ4v) is 7.94. The van der Waals surface area contributed by atoms with Crippen LogP contribution in [0.25, 0.3) is 6.08 Å². The van der Waals surface area contributed by atoms with Gasteiger partial charge in [-0.3, -0.25) is 14.9 Å². The topological polar surface area (TPSA) is 168 Å². The van der Waals surface area contributed by atoms with Gasteiger partial charge >= 0.3 is 15.8 Å². The van der Waals surface area contributed by atoms with E-state index >= 15 is 0 Å². The van der Waals surface area contributed by atoms with E-state index in [0.717, 1.165) is 29.5 Å². The molecule has 12 nitrogen and oxygen atoms in total. The lowest BCUT2D eigenvalue weighted by Gasteiger charge is -2.20. The van der Waals surface area contributed by atoms with Crippen LogP contribution in [0.4, 0.5) is 11.4 Å². The van der Waals surface area contributed by atoms with Crippen LogP contribution in [0.3, 0.4) is 0 Å². The summed E-state index contributed by atoms with van der Waals surface area (Å²) >= 11 is 0.977. The number of rotatable bonds is 10. The van der Waals surface area contributed by atoms with Crippen LogP contribution in [0, 0.1) is 17.0 Å². The summed E-state index contributed by atoms with van der Waals surface area (Å²) in [6.07, 6.45) is 1.37. The van der Waals surface area contributed by atoms with Crippen molar-refractivity contribution in [3.8, 4) is 17.2 Å². The third kappa shape index (κ3) is 6.85. The maximum Gasteiger partial charge on any atom is 0.339 e. The number of methoxy groups -OCH3 is 2. The van der Waals surface area contributed by atoms with Gasteiger partial charge in [-0.25, -0.2) is 8.42 Å². The normalized spacial score (nSPS) is 13.9. The van der Waals surface area contributed by atoms with E-state index in [0.29, 0.717) is 27.6 Å². The number of nitro benzene ring substituents is 1. The molecule has 238 valence electrons. The lowest BCUT2D eigenvalue weighted by atomic mass is 10.1. The maximum atomic E-state index is 13.5. The van der Waals surface area contributed by atoms with Crippen molar-refractivity contribution in [2.45, 2.75) is 27.4 Å². The van der Waals surface area contributed by atoms with Crippen molar-refractivity contribution in [1.29, 1.82) is 0 Å². The highest BCUT2D eigenvalue weighted by atomic mass is 32.2. The fraction of sp³-hybridized carbons (Fsp3) is 0.129. The SMILES string of the molecule is COc1cccc(OC)c1CS(=O)(=O)c1ccc2c(c1)S/C(=C/c1ccc(OS(=O)(=O)c3ccc(C)cc3)c([N+](=O)[O-])c1)C(=O)N2. The molecule has 0 atom stereocenters. The summed E-state index contributed by atoms with van der Waals surface area (Å²) in [5.74, 6) is -0.717. The second-order valence-corrected chi connectivity index (χ2v) is 14.6. The highest BCUT2D eigenvalue weighted by molar-refractivity contribution is 8.04. The van der Waals surface area contributed by atoms with Gasteiger partial charge in [0.05, 0.1) is 45.9 Å². The van der Waals surface area contributed by atoms with Crippen molar-refractivity contribution in [3.63, 3.8) is 0 Å². The molecule has 1 amide bonds. The van der Waals surface area contributed by atoms with Crippen molar-refractivity contribution in [3.05, 3.63) is 111 Å². The Hall–Kier alpha value is -4.86. The number of thioether (sulfide) groups is 1. The highest BCUT2D eigenvalue weighted by Crippen LogP contribution is 2.42. The third-order valence-electron chi connectivity index (χ3n) is 6.85. The van der Waals surface area contributed by atoms with E-state index in [1.807, 2.05) is 0 Å². The van der Waals surface area contributed by atoms with E-state index in [4.69, 9.17) is 13.7 Å². The number of nitrogens with one attached hydrogen (secondary N) is 1. The fourth-order valence-electron chi connectivity index (χ4n) is 4.53. The molecule has 1 heterocycles. The largest absolute Gasteiger partial charge is 0.496 e. The molecule has 0 radical (unpaired) electrons. The van der Waals surface area contributed by atoms with Crippen LogP contribution >= 0.6 is 11.8 Å². The van der Waals surface area contributed by atoms with Crippen LogP contribution < -0.4 is 19.0 Å².